The van der Waals surface area contributed by atoms with Gasteiger partial charge in [0.1, 0.15) is 17.8 Å². The second-order valence-electron chi connectivity index (χ2n) is 6.63. The van der Waals surface area contributed by atoms with Crippen molar-refractivity contribution in [2.75, 3.05) is 13.1 Å². The van der Waals surface area contributed by atoms with Crippen LogP contribution in [-0.4, -0.2) is 44.3 Å². The predicted octanol–water partition coefficient (Wildman–Crippen LogP) is 2.08. The zero-order valence-electron chi connectivity index (χ0n) is 14.2. The van der Waals surface area contributed by atoms with E-state index in [1.807, 2.05) is 10.8 Å². The highest BCUT2D eigenvalue weighted by Crippen LogP contribution is 2.43. The molecule has 8 heteroatoms. The van der Waals surface area contributed by atoms with E-state index in [1.54, 1.807) is 34.1 Å². The van der Waals surface area contributed by atoms with Crippen LogP contribution in [0.2, 0.25) is 0 Å². The molecule has 1 fully saturated rings. The van der Waals surface area contributed by atoms with E-state index in [9.17, 15) is 14.0 Å². The molecule has 2 aromatic heterocycles. The van der Waals surface area contributed by atoms with Crippen LogP contribution in [0.1, 0.15) is 26.5 Å². The molecule has 2 aliphatic heterocycles. The molecule has 5 rings (SSSR count). The van der Waals surface area contributed by atoms with Crippen LogP contribution in [0.5, 0.6) is 0 Å². The molecule has 1 aromatic carbocycles. The number of aromatic nitrogens is 2. The lowest BCUT2D eigenvalue weighted by Gasteiger charge is -2.47. The van der Waals surface area contributed by atoms with Gasteiger partial charge in [0.25, 0.3) is 11.8 Å². The molecule has 27 heavy (non-hydrogen) atoms. The molecule has 0 spiro atoms. The fraction of sp³-hybridized carbons (Fsp3) is 0.211. The van der Waals surface area contributed by atoms with Crippen molar-refractivity contribution in [3.63, 3.8) is 0 Å². The van der Waals surface area contributed by atoms with Crippen molar-refractivity contribution in [3.8, 4) is 0 Å². The van der Waals surface area contributed by atoms with E-state index in [0.29, 0.717) is 30.9 Å². The number of amides is 2. The summed E-state index contributed by atoms with van der Waals surface area (Å²) in [7, 11) is 0. The summed E-state index contributed by atoms with van der Waals surface area (Å²) in [6, 6.07) is 9.50. The molecule has 0 aliphatic carbocycles. The third kappa shape index (κ3) is 2.09. The monoisotopic (exact) mass is 366 g/mol. The Morgan fingerprint density at radius 2 is 2.00 bits per heavy atom. The zero-order valence-corrected chi connectivity index (χ0v) is 14.2. The van der Waals surface area contributed by atoms with Gasteiger partial charge in [0.15, 0.2) is 17.8 Å². The van der Waals surface area contributed by atoms with E-state index < -0.39 is 5.66 Å². The SMILES string of the molecule is O=C(c1cocn1)N1CCN2C(=O)c3cccn3CC12c1ccc(F)cc1. The first-order valence-electron chi connectivity index (χ1n) is 8.54. The van der Waals surface area contributed by atoms with Crippen LogP contribution < -0.4 is 0 Å². The van der Waals surface area contributed by atoms with Crippen LogP contribution in [0.3, 0.4) is 0 Å². The molecule has 1 unspecified atom stereocenters. The van der Waals surface area contributed by atoms with E-state index in [4.69, 9.17) is 4.42 Å². The Labute approximate surface area is 153 Å². The van der Waals surface area contributed by atoms with Gasteiger partial charge in [-0.1, -0.05) is 12.1 Å². The number of hydrogen-bond acceptors (Lipinski definition) is 4. The lowest BCUT2D eigenvalue weighted by atomic mass is 9.94. The Bertz CT molecular complexity index is 1030. The molecule has 0 N–H and O–H groups in total. The Balaban J connectivity index is 1.70. The molecule has 1 saturated heterocycles. The van der Waals surface area contributed by atoms with Crippen molar-refractivity contribution in [1.29, 1.82) is 0 Å². The average molecular weight is 366 g/mol. The molecule has 2 amide bonds. The number of carbonyl (C=O) groups is 2. The summed E-state index contributed by atoms with van der Waals surface area (Å²) in [4.78, 5) is 33.5. The molecule has 0 radical (unpaired) electrons. The first-order valence-corrected chi connectivity index (χ1v) is 8.54. The first kappa shape index (κ1) is 15.8. The summed E-state index contributed by atoms with van der Waals surface area (Å²) in [6.07, 6.45) is 4.30. The largest absolute Gasteiger partial charge is 0.451 e. The minimum absolute atomic E-state index is 0.161. The maximum absolute atomic E-state index is 13.6. The van der Waals surface area contributed by atoms with Gasteiger partial charge in [0.2, 0.25) is 0 Å². The second-order valence-corrected chi connectivity index (χ2v) is 6.63. The van der Waals surface area contributed by atoms with Gasteiger partial charge in [-0.05, 0) is 24.3 Å². The van der Waals surface area contributed by atoms with Crippen molar-refractivity contribution in [3.05, 3.63) is 78.0 Å². The number of halogens is 1. The van der Waals surface area contributed by atoms with Crippen molar-refractivity contribution >= 4 is 11.8 Å². The lowest BCUT2D eigenvalue weighted by molar-refractivity contribution is -0.00620. The number of rotatable bonds is 2. The highest BCUT2D eigenvalue weighted by atomic mass is 19.1. The Kier molecular flexibility index (Phi) is 3.24. The first-order chi connectivity index (χ1) is 13.1. The van der Waals surface area contributed by atoms with Crippen LogP contribution in [0.4, 0.5) is 4.39 Å². The van der Waals surface area contributed by atoms with Gasteiger partial charge in [-0.2, -0.15) is 0 Å². The summed E-state index contributed by atoms with van der Waals surface area (Å²) in [5, 5.41) is 0. The van der Waals surface area contributed by atoms with Crippen LogP contribution in [0, 0.1) is 5.82 Å². The minimum Gasteiger partial charge on any atom is -0.451 e. The molecule has 1 atom stereocenters. The van der Waals surface area contributed by atoms with Crippen LogP contribution >= 0.6 is 0 Å². The molecule has 2 aliphatic rings. The van der Waals surface area contributed by atoms with Gasteiger partial charge in [0.05, 0.1) is 6.54 Å². The summed E-state index contributed by atoms with van der Waals surface area (Å²) < 4.78 is 20.3. The fourth-order valence-electron chi connectivity index (χ4n) is 4.12. The van der Waals surface area contributed by atoms with Gasteiger partial charge in [-0.15, -0.1) is 0 Å². The quantitative estimate of drug-likeness (QED) is 0.696. The number of benzene rings is 1. The number of hydrogen-bond donors (Lipinski definition) is 0. The third-order valence-electron chi connectivity index (χ3n) is 5.33. The maximum Gasteiger partial charge on any atom is 0.278 e. The summed E-state index contributed by atoms with van der Waals surface area (Å²) in [5.74, 6) is -0.872. The van der Waals surface area contributed by atoms with Gasteiger partial charge < -0.3 is 18.8 Å². The Morgan fingerprint density at radius 1 is 1.19 bits per heavy atom. The van der Waals surface area contributed by atoms with Crippen molar-refractivity contribution in [2.45, 2.75) is 12.2 Å². The van der Waals surface area contributed by atoms with E-state index in [1.165, 1.54) is 24.8 Å². The molecule has 0 bridgehead atoms. The number of nitrogens with zero attached hydrogens (tertiary/aromatic N) is 4. The molecular weight excluding hydrogens is 351 g/mol. The second kappa shape index (κ2) is 5.54. The van der Waals surface area contributed by atoms with Crippen molar-refractivity contribution in [1.82, 2.24) is 19.4 Å². The van der Waals surface area contributed by atoms with Gasteiger partial charge in [0, 0.05) is 24.8 Å². The molecule has 136 valence electrons. The van der Waals surface area contributed by atoms with Crippen LogP contribution in [0.15, 0.2) is 59.7 Å². The van der Waals surface area contributed by atoms with E-state index in [0.717, 1.165) is 0 Å². The fourth-order valence-corrected chi connectivity index (χ4v) is 4.12. The van der Waals surface area contributed by atoms with Crippen molar-refractivity contribution < 1.29 is 18.4 Å². The molecule has 4 heterocycles. The Hall–Kier alpha value is -3.42. The van der Waals surface area contributed by atoms with E-state index >= 15 is 0 Å². The van der Waals surface area contributed by atoms with Crippen molar-refractivity contribution in [2.24, 2.45) is 0 Å². The highest BCUT2D eigenvalue weighted by molar-refractivity contribution is 5.97. The van der Waals surface area contributed by atoms with Crippen LogP contribution in [-0.2, 0) is 12.2 Å². The number of oxazole rings is 1. The van der Waals surface area contributed by atoms with E-state index in [-0.39, 0.29) is 23.3 Å². The van der Waals surface area contributed by atoms with Gasteiger partial charge >= 0.3 is 0 Å². The minimum atomic E-state index is -1.05. The smallest absolute Gasteiger partial charge is 0.278 e. The summed E-state index contributed by atoms with van der Waals surface area (Å²) in [5.41, 5.74) is 0.367. The van der Waals surface area contributed by atoms with Gasteiger partial charge in [-0.3, -0.25) is 9.59 Å². The number of carbonyl (C=O) groups excluding carboxylic acids is 2. The maximum atomic E-state index is 13.6. The highest BCUT2D eigenvalue weighted by Gasteiger charge is 2.56. The van der Waals surface area contributed by atoms with E-state index in [2.05, 4.69) is 4.98 Å². The lowest BCUT2D eigenvalue weighted by Crippen LogP contribution is -2.60. The normalized spacial score (nSPS) is 21.3. The Morgan fingerprint density at radius 3 is 2.74 bits per heavy atom. The predicted molar refractivity (Wildman–Crippen MR) is 91.1 cm³/mol. The molecule has 3 aromatic rings. The molecule has 0 saturated carbocycles. The average Bonchev–Trinajstić information content (AvgIpc) is 3.41. The van der Waals surface area contributed by atoms with Crippen LogP contribution in [0.25, 0.3) is 0 Å². The van der Waals surface area contributed by atoms with Gasteiger partial charge in [-0.25, -0.2) is 9.37 Å². The third-order valence-corrected chi connectivity index (χ3v) is 5.33. The molecular formula is C19H15FN4O3. The topological polar surface area (TPSA) is 71.6 Å². The summed E-state index contributed by atoms with van der Waals surface area (Å²) >= 11 is 0. The summed E-state index contributed by atoms with van der Waals surface area (Å²) in [6.45, 7) is 1.08. The zero-order chi connectivity index (χ0) is 18.6. The standard InChI is InChI=1S/C19H15FN4O3/c20-14-5-3-13(4-6-14)19-11-22-7-1-2-16(22)18(26)24(19)9-8-23(19)17(25)15-10-27-12-21-15/h1-7,10,12H,8-9,11H2. The number of fused-ring (bicyclic) bond motifs is 2. The molecule has 7 nitrogen and oxygen atoms in total.